The Balaban J connectivity index is 1.45. The van der Waals surface area contributed by atoms with E-state index in [1.54, 1.807) is 24.5 Å². The molecule has 0 spiro atoms. The van der Waals surface area contributed by atoms with Crippen LogP contribution in [-0.4, -0.2) is 39.2 Å². The SMILES string of the molecule is O=C(O)CC(c1ccc(F)cc1)c1c[nH]c2cc(OCCCNc3ncc[nH]3)ccc12. The average Bonchev–Trinajstić information content (AvgIpc) is 3.42. The van der Waals surface area contributed by atoms with Crippen molar-refractivity contribution in [3.05, 3.63) is 78.0 Å². The number of carboxylic acid groups (broad SMARTS) is 1. The summed E-state index contributed by atoms with van der Waals surface area (Å²) in [6, 6.07) is 11.7. The number of halogens is 1. The Morgan fingerprint density at radius 2 is 2.03 bits per heavy atom. The molecule has 1 atom stereocenters. The summed E-state index contributed by atoms with van der Waals surface area (Å²) in [6.07, 6.45) is 5.99. The van der Waals surface area contributed by atoms with Crippen molar-refractivity contribution >= 4 is 22.8 Å². The van der Waals surface area contributed by atoms with Crippen LogP contribution >= 0.6 is 0 Å². The maximum absolute atomic E-state index is 13.3. The van der Waals surface area contributed by atoms with Gasteiger partial charge in [0.05, 0.1) is 13.0 Å². The van der Waals surface area contributed by atoms with E-state index in [0.29, 0.717) is 6.61 Å². The smallest absolute Gasteiger partial charge is 0.304 e. The lowest BCUT2D eigenvalue weighted by atomic mass is 9.88. The number of aliphatic carboxylic acids is 1. The summed E-state index contributed by atoms with van der Waals surface area (Å²) in [5.74, 6) is -0.177. The largest absolute Gasteiger partial charge is 0.493 e. The molecule has 4 N–H and O–H groups in total. The first kappa shape index (κ1) is 20.5. The van der Waals surface area contributed by atoms with Crippen molar-refractivity contribution in [1.29, 1.82) is 0 Å². The Kier molecular flexibility index (Phi) is 6.16. The molecule has 7 nitrogen and oxygen atoms in total. The maximum atomic E-state index is 13.3. The number of nitrogens with one attached hydrogen (secondary N) is 3. The van der Waals surface area contributed by atoms with E-state index in [0.717, 1.165) is 46.7 Å². The molecule has 31 heavy (non-hydrogen) atoms. The van der Waals surface area contributed by atoms with Gasteiger partial charge < -0.3 is 25.1 Å². The average molecular weight is 422 g/mol. The summed E-state index contributed by atoms with van der Waals surface area (Å²) in [5.41, 5.74) is 2.48. The molecule has 0 radical (unpaired) electrons. The summed E-state index contributed by atoms with van der Waals surface area (Å²) in [5, 5.41) is 13.5. The number of carbonyl (C=O) groups is 1. The van der Waals surface area contributed by atoms with Crippen LogP contribution in [0, 0.1) is 5.82 Å². The molecule has 0 bridgehead atoms. The number of aromatic nitrogens is 3. The van der Waals surface area contributed by atoms with E-state index in [2.05, 4.69) is 20.3 Å². The van der Waals surface area contributed by atoms with Gasteiger partial charge in [-0.15, -0.1) is 0 Å². The van der Waals surface area contributed by atoms with Crippen molar-refractivity contribution in [2.75, 3.05) is 18.5 Å². The van der Waals surface area contributed by atoms with Gasteiger partial charge in [0.2, 0.25) is 0 Å². The maximum Gasteiger partial charge on any atom is 0.304 e. The van der Waals surface area contributed by atoms with Crippen molar-refractivity contribution in [2.45, 2.75) is 18.8 Å². The van der Waals surface area contributed by atoms with Crippen LogP contribution in [0.2, 0.25) is 0 Å². The van der Waals surface area contributed by atoms with E-state index in [-0.39, 0.29) is 18.2 Å². The Morgan fingerprint density at radius 1 is 1.19 bits per heavy atom. The second-order valence-corrected chi connectivity index (χ2v) is 7.22. The highest BCUT2D eigenvalue weighted by Gasteiger charge is 2.21. The number of H-pyrrole nitrogens is 2. The molecule has 0 amide bonds. The van der Waals surface area contributed by atoms with Crippen LogP contribution < -0.4 is 10.1 Å². The highest BCUT2D eigenvalue weighted by Crippen LogP contribution is 2.34. The predicted molar refractivity (Wildman–Crippen MR) is 116 cm³/mol. The number of hydrogen-bond donors (Lipinski definition) is 4. The van der Waals surface area contributed by atoms with Crippen LogP contribution in [0.3, 0.4) is 0 Å². The number of ether oxygens (including phenoxy) is 1. The van der Waals surface area contributed by atoms with Gasteiger partial charge in [0, 0.05) is 48.0 Å². The topological polar surface area (TPSA) is 103 Å². The Labute approximate surface area is 178 Å². The second-order valence-electron chi connectivity index (χ2n) is 7.22. The monoisotopic (exact) mass is 422 g/mol. The van der Waals surface area contributed by atoms with Gasteiger partial charge in [0.1, 0.15) is 11.6 Å². The van der Waals surface area contributed by atoms with Crippen LogP contribution in [0.1, 0.15) is 29.9 Å². The summed E-state index contributed by atoms with van der Waals surface area (Å²) >= 11 is 0. The highest BCUT2D eigenvalue weighted by molar-refractivity contribution is 5.86. The first-order chi connectivity index (χ1) is 15.1. The van der Waals surface area contributed by atoms with Crippen molar-refractivity contribution < 1.29 is 19.0 Å². The first-order valence-corrected chi connectivity index (χ1v) is 10.0. The molecule has 0 aliphatic heterocycles. The lowest BCUT2D eigenvalue weighted by Gasteiger charge is -2.15. The molecule has 0 saturated heterocycles. The molecule has 2 heterocycles. The van der Waals surface area contributed by atoms with Crippen molar-refractivity contribution in [3.8, 4) is 5.75 Å². The van der Waals surface area contributed by atoms with Gasteiger partial charge in [-0.1, -0.05) is 12.1 Å². The molecule has 0 saturated carbocycles. The number of anilines is 1. The Hall–Kier alpha value is -3.81. The van der Waals surface area contributed by atoms with E-state index in [1.807, 2.05) is 24.4 Å². The molecule has 4 rings (SSSR count). The lowest BCUT2D eigenvalue weighted by Crippen LogP contribution is -2.08. The van der Waals surface area contributed by atoms with E-state index < -0.39 is 5.97 Å². The molecule has 4 aromatic rings. The van der Waals surface area contributed by atoms with Crippen molar-refractivity contribution in [1.82, 2.24) is 15.0 Å². The summed E-state index contributed by atoms with van der Waals surface area (Å²) < 4.78 is 19.2. The summed E-state index contributed by atoms with van der Waals surface area (Å²) in [6.45, 7) is 1.28. The highest BCUT2D eigenvalue weighted by atomic mass is 19.1. The fraction of sp³-hybridized carbons (Fsp3) is 0.217. The fourth-order valence-electron chi connectivity index (χ4n) is 3.61. The third kappa shape index (κ3) is 5.03. The third-order valence-corrected chi connectivity index (χ3v) is 5.09. The molecule has 0 aliphatic carbocycles. The molecule has 2 aromatic carbocycles. The second kappa shape index (κ2) is 9.34. The fourth-order valence-corrected chi connectivity index (χ4v) is 3.61. The number of hydrogen-bond acceptors (Lipinski definition) is 4. The zero-order valence-corrected chi connectivity index (χ0v) is 16.8. The number of nitrogens with zero attached hydrogens (tertiary/aromatic N) is 1. The minimum Gasteiger partial charge on any atom is -0.493 e. The number of benzene rings is 2. The number of fused-ring (bicyclic) bond motifs is 1. The van der Waals surface area contributed by atoms with Gasteiger partial charge in [-0.25, -0.2) is 9.37 Å². The molecular weight excluding hydrogens is 399 g/mol. The van der Waals surface area contributed by atoms with Crippen molar-refractivity contribution in [3.63, 3.8) is 0 Å². The number of aromatic amines is 2. The van der Waals surface area contributed by atoms with Gasteiger partial charge in [0.15, 0.2) is 5.95 Å². The molecular formula is C23H23FN4O3. The first-order valence-electron chi connectivity index (χ1n) is 10.0. The van der Waals surface area contributed by atoms with Crippen LogP contribution in [0.15, 0.2) is 61.1 Å². The van der Waals surface area contributed by atoms with Gasteiger partial charge >= 0.3 is 5.97 Å². The van der Waals surface area contributed by atoms with Crippen LogP contribution in [0.4, 0.5) is 10.3 Å². The molecule has 1 unspecified atom stereocenters. The minimum atomic E-state index is -0.910. The van der Waals surface area contributed by atoms with Crippen LogP contribution in [-0.2, 0) is 4.79 Å². The normalized spacial score (nSPS) is 12.0. The van der Waals surface area contributed by atoms with Crippen LogP contribution in [0.5, 0.6) is 5.75 Å². The molecule has 8 heteroatoms. The van der Waals surface area contributed by atoms with E-state index in [4.69, 9.17) is 4.74 Å². The third-order valence-electron chi connectivity index (χ3n) is 5.09. The van der Waals surface area contributed by atoms with E-state index in [9.17, 15) is 14.3 Å². The van der Waals surface area contributed by atoms with Crippen LogP contribution in [0.25, 0.3) is 10.9 Å². The molecule has 0 fully saturated rings. The van der Waals surface area contributed by atoms with E-state index >= 15 is 0 Å². The summed E-state index contributed by atoms with van der Waals surface area (Å²) in [4.78, 5) is 21.8. The number of carboxylic acids is 1. The van der Waals surface area contributed by atoms with Gasteiger partial charge in [-0.2, -0.15) is 0 Å². The van der Waals surface area contributed by atoms with Gasteiger partial charge in [-0.05, 0) is 41.8 Å². The standard InChI is InChI=1S/C23H23FN4O3/c24-16-4-2-15(3-5-16)19(13-22(29)30)20-14-28-21-12-17(6-7-18(20)21)31-11-1-8-25-23-26-9-10-27-23/h2-7,9-10,12,14,19,28H,1,8,11,13H2,(H,29,30)(H2,25,26,27). The molecule has 160 valence electrons. The van der Waals surface area contributed by atoms with Crippen molar-refractivity contribution in [2.24, 2.45) is 0 Å². The Bertz CT molecular complexity index is 1140. The number of rotatable bonds is 10. The minimum absolute atomic E-state index is 0.0838. The summed E-state index contributed by atoms with van der Waals surface area (Å²) in [7, 11) is 0. The lowest BCUT2D eigenvalue weighted by molar-refractivity contribution is -0.137. The van der Waals surface area contributed by atoms with E-state index in [1.165, 1.54) is 12.1 Å². The molecule has 0 aliphatic rings. The molecule has 2 aromatic heterocycles. The van der Waals surface area contributed by atoms with Gasteiger partial charge in [-0.3, -0.25) is 4.79 Å². The zero-order valence-electron chi connectivity index (χ0n) is 16.8. The quantitative estimate of drug-likeness (QED) is 0.282. The predicted octanol–water partition coefficient (Wildman–Crippen LogP) is 4.52. The zero-order chi connectivity index (χ0) is 21.6. The van der Waals surface area contributed by atoms with Gasteiger partial charge in [0.25, 0.3) is 0 Å². The Morgan fingerprint density at radius 3 is 2.77 bits per heavy atom. The number of imidazole rings is 1.